The largest absolute Gasteiger partial charge is 0.394 e. The lowest BCUT2D eigenvalue weighted by Crippen LogP contribution is -2.64. The molecule has 1 amide bonds. The highest BCUT2D eigenvalue weighted by molar-refractivity contribution is 5.81. The summed E-state index contributed by atoms with van der Waals surface area (Å²) in [7, 11) is 0. The number of halogens is 1. The smallest absolute Gasteiger partial charge is 0.263 e. The van der Waals surface area contributed by atoms with Crippen molar-refractivity contribution >= 4 is 5.91 Å². The molecule has 2 saturated heterocycles. The summed E-state index contributed by atoms with van der Waals surface area (Å²) in [6.07, 6.45) is 4.32. The van der Waals surface area contributed by atoms with Crippen LogP contribution in [0.4, 0.5) is 4.39 Å². The van der Waals surface area contributed by atoms with Gasteiger partial charge in [-0.3, -0.25) is 10.2 Å². The molecular weight excluding hydrogens is 497 g/mol. The second-order valence-corrected chi connectivity index (χ2v) is 10.6. The number of hydrogen-bond acceptors (Lipinski definition) is 9. The minimum absolute atomic E-state index is 0.196. The van der Waals surface area contributed by atoms with E-state index >= 15 is 0 Å². The van der Waals surface area contributed by atoms with Gasteiger partial charge in [0.25, 0.3) is 5.91 Å². The number of aromatic nitrogens is 3. The Morgan fingerprint density at radius 2 is 1.89 bits per heavy atom. The number of hydrazine groups is 1. The fourth-order valence-electron chi connectivity index (χ4n) is 6.11. The minimum Gasteiger partial charge on any atom is -0.394 e. The van der Waals surface area contributed by atoms with Crippen LogP contribution >= 0.6 is 0 Å². The number of benzene rings is 1. The minimum atomic E-state index is -1.38. The van der Waals surface area contributed by atoms with Gasteiger partial charge >= 0.3 is 0 Å². The summed E-state index contributed by atoms with van der Waals surface area (Å²) >= 11 is 0. The second kappa shape index (κ2) is 11.7. The number of nitrogens with zero attached hydrogens (tertiary/aromatic N) is 3. The molecule has 1 spiro atoms. The van der Waals surface area contributed by atoms with Crippen LogP contribution in [-0.4, -0.2) is 80.1 Å². The number of carbonyl (C=O) groups is 1. The molecule has 0 bridgehead atoms. The lowest BCUT2D eigenvalue weighted by molar-refractivity contribution is -0.217. The van der Waals surface area contributed by atoms with E-state index in [4.69, 9.17) is 9.47 Å². The number of hydrogen-bond donors (Lipinski definition) is 5. The molecule has 2 aliphatic heterocycles. The number of ether oxygens (including phenoxy) is 2. The van der Waals surface area contributed by atoms with Crippen molar-refractivity contribution < 1.29 is 34.0 Å². The molecule has 3 heterocycles. The maximum atomic E-state index is 13.7. The van der Waals surface area contributed by atoms with Crippen LogP contribution in [0.2, 0.25) is 0 Å². The van der Waals surface area contributed by atoms with E-state index in [1.807, 2.05) is 0 Å². The van der Waals surface area contributed by atoms with Gasteiger partial charge in [0.2, 0.25) is 0 Å². The van der Waals surface area contributed by atoms with Gasteiger partial charge in [-0.1, -0.05) is 49.5 Å². The molecule has 5 N–H and O–H groups in total. The molecule has 3 aliphatic rings. The van der Waals surface area contributed by atoms with Gasteiger partial charge in [0.05, 0.1) is 12.8 Å². The molecule has 2 aromatic rings. The first-order chi connectivity index (χ1) is 18.4. The summed E-state index contributed by atoms with van der Waals surface area (Å²) in [5, 5.41) is 39.9. The Kier molecular flexibility index (Phi) is 8.36. The Morgan fingerprint density at radius 3 is 2.63 bits per heavy atom. The molecular formula is C26H36FN5O6. The third-order valence-electron chi connectivity index (χ3n) is 8.19. The van der Waals surface area contributed by atoms with E-state index < -0.39 is 49.1 Å². The first-order valence-corrected chi connectivity index (χ1v) is 13.4. The number of carbonyl (C=O) groups excluding carboxylic acids is 1. The monoisotopic (exact) mass is 533 g/mol. The van der Waals surface area contributed by atoms with Gasteiger partial charge in [-0.05, 0) is 31.4 Å². The standard InChI is InChI=1S/C26H36FN5O6/c27-17-8-6-7-16(13-17)18-14-32(31-28-18)20-21(34)19(15-33)38-25(22(20)35)30-29-24(36)23-26(11-12-37-23)9-4-2-1-3-5-10-26/h6-8,13-14,19-23,25,30,33-35H,1-5,9-12,15H2,(H,29,36)/t19-,20+,21+,22-,23?,25-/m0/s1. The number of amides is 1. The van der Waals surface area contributed by atoms with Crippen LogP contribution in [0.15, 0.2) is 30.5 Å². The summed E-state index contributed by atoms with van der Waals surface area (Å²) in [5.74, 6) is -0.771. The summed E-state index contributed by atoms with van der Waals surface area (Å²) in [5.41, 5.74) is 6.02. The Balaban J connectivity index is 1.29. The normalized spacial score (nSPS) is 31.6. The number of aliphatic hydroxyl groups excluding tert-OH is 3. The molecule has 3 fully saturated rings. The summed E-state index contributed by atoms with van der Waals surface area (Å²) in [4.78, 5) is 13.2. The fourth-order valence-corrected chi connectivity index (χ4v) is 6.11. The van der Waals surface area contributed by atoms with Crippen LogP contribution in [0, 0.1) is 11.2 Å². The number of nitrogens with one attached hydrogen (secondary N) is 2. The Morgan fingerprint density at radius 1 is 1.13 bits per heavy atom. The molecule has 1 unspecified atom stereocenters. The van der Waals surface area contributed by atoms with Gasteiger partial charge in [0.15, 0.2) is 6.23 Å². The van der Waals surface area contributed by atoms with Gasteiger partial charge < -0.3 is 24.8 Å². The lowest BCUT2D eigenvalue weighted by atomic mass is 9.71. The van der Waals surface area contributed by atoms with Gasteiger partial charge in [-0.25, -0.2) is 14.5 Å². The van der Waals surface area contributed by atoms with E-state index in [9.17, 15) is 24.5 Å². The summed E-state index contributed by atoms with van der Waals surface area (Å²) in [6, 6.07) is 4.76. The summed E-state index contributed by atoms with van der Waals surface area (Å²) < 4.78 is 26.5. The van der Waals surface area contributed by atoms with Crippen molar-refractivity contribution in [1.29, 1.82) is 0 Å². The van der Waals surface area contributed by atoms with E-state index in [1.54, 1.807) is 12.1 Å². The zero-order valence-electron chi connectivity index (χ0n) is 21.2. The van der Waals surface area contributed by atoms with Gasteiger partial charge in [-0.15, -0.1) is 5.10 Å². The van der Waals surface area contributed by atoms with Crippen molar-refractivity contribution in [3.05, 3.63) is 36.3 Å². The van der Waals surface area contributed by atoms with Crippen LogP contribution in [-0.2, 0) is 14.3 Å². The van der Waals surface area contributed by atoms with E-state index in [2.05, 4.69) is 21.2 Å². The third-order valence-corrected chi connectivity index (χ3v) is 8.19. The molecule has 1 saturated carbocycles. The quantitative estimate of drug-likeness (QED) is 0.345. The van der Waals surface area contributed by atoms with Crippen molar-refractivity contribution in [2.45, 2.75) is 88.1 Å². The second-order valence-electron chi connectivity index (χ2n) is 10.6. The van der Waals surface area contributed by atoms with Crippen LogP contribution in [0.1, 0.15) is 57.4 Å². The van der Waals surface area contributed by atoms with E-state index in [-0.39, 0.29) is 11.3 Å². The topological polar surface area (TPSA) is 151 Å². The Hall–Kier alpha value is -2.48. The van der Waals surface area contributed by atoms with Crippen molar-refractivity contribution in [3.63, 3.8) is 0 Å². The average Bonchev–Trinajstić information content (AvgIpc) is 3.54. The molecule has 38 heavy (non-hydrogen) atoms. The van der Waals surface area contributed by atoms with E-state index in [0.717, 1.165) is 44.9 Å². The van der Waals surface area contributed by atoms with Crippen LogP contribution < -0.4 is 10.9 Å². The third kappa shape index (κ3) is 5.47. The predicted molar refractivity (Wildman–Crippen MR) is 133 cm³/mol. The Bertz CT molecular complexity index is 1090. The zero-order valence-corrected chi connectivity index (χ0v) is 21.2. The fraction of sp³-hybridized carbons (Fsp3) is 0.654. The van der Waals surface area contributed by atoms with Gasteiger partial charge in [0.1, 0.15) is 42.0 Å². The average molecular weight is 534 g/mol. The molecule has 1 aromatic carbocycles. The summed E-state index contributed by atoms with van der Waals surface area (Å²) in [6.45, 7) is -0.00174. The highest BCUT2D eigenvalue weighted by Gasteiger charge is 2.49. The maximum absolute atomic E-state index is 13.7. The van der Waals surface area contributed by atoms with Crippen molar-refractivity contribution in [3.8, 4) is 11.3 Å². The molecule has 0 radical (unpaired) electrons. The molecule has 12 heteroatoms. The van der Waals surface area contributed by atoms with Crippen LogP contribution in [0.5, 0.6) is 0 Å². The first kappa shape index (κ1) is 27.1. The molecule has 208 valence electrons. The predicted octanol–water partition coefficient (Wildman–Crippen LogP) is 1.20. The van der Waals surface area contributed by atoms with Crippen molar-refractivity contribution in [1.82, 2.24) is 25.8 Å². The van der Waals surface area contributed by atoms with Crippen LogP contribution in [0.3, 0.4) is 0 Å². The highest BCUT2D eigenvalue weighted by Crippen LogP contribution is 2.45. The van der Waals surface area contributed by atoms with Crippen molar-refractivity contribution in [2.75, 3.05) is 13.2 Å². The molecule has 1 aromatic heterocycles. The first-order valence-electron chi connectivity index (χ1n) is 13.4. The highest BCUT2D eigenvalue weighted by atomic mass is 19.1. The molecule has 1 aliphatic carbocycles. The lowest BCUT2D eigenvalue weighted by Gasteiger charge is -2.42. The van der Waals surface area contributed by atoms with Crippen LogP contribution in [0.25, 0.3) is 11.3 Å². The molecule has 5 rings (SSSR count). The maximum Gasteiger partial charge on any atom is 0.263 e. The molecule has 11 nitrogen and oxygen atoms in total. The van der Waals surface area contributed by atoms with E-state index in [0.29, 0.717) is 17.9 Å². The SMILES string of the molecule is O=C(NN[C@H]1O[C@@H](CO)[C@@H](O)[C@@H](n2cc(-c3cccc(F)c3)nn2)[C@@H]1O)C1OCCC12CCCCCCC2. The van der Waals surface area contributed by atoms with Gasteiger partial charge in [-0.2, -0.15) is 0 Å². The van der Waals surface area contributed by atoms with Gasteiger partial charge in [0, 0.05) is 17.6 Å². The zero-order chi connectivity index (χ0) is 26.7. The number of aliphatic hydroxyl groups is 3. The van der Waals surface area contributed by atoms with Crippen molar-refractivity contribution in [2.24, 2.45) is 5.41 Å². The van der Waals surface area contributed by atoms with E-state index in [1.165, 1.54) is 29.4 Å². The number of rotatable bonds is 6. The molecule has 6 atom stereocenters. The Labute approximate surface area is 220 Å².